The van der Waals surface area contributed by atoms with Gasteiger partial charge in [-0.25, -0.2) is 0 Å². The van der Waals surface area contributed by atoms with Gasteiger partial charge in [0.25, 0.3) is 5.91 Å². The van der Waals surface area contributed by atoms with E-state index < -0.39 is 0 Å². The number of thioether (sulfide) groups is 1. The highest BCUT2D eigenvalue weighted by Gasteiger charge is 2.22. The largest absolute Gasteiger partial charge is 0.352 e. The molecule has 1 atom stereocenters. The summed E-state index contributed by atoms with van der Waals surface area (Å²) in [4.78, 5) is 23.6. The second-order valence-electron chi connectivity index (χ2n) is 4.59. The van der Waals surface area contributed by atoms with Crippen LogP contribution in [0.15, 0.2) is 24.3 Å². The molecule has 3 N–H and O–H groups in total. The van der Waals surface area contributed by atoms with Gasteiger partial charge in [0.05, 0.1) is 6.04 Å². The highest BCUT2D eigenvalue weighted by molar-refractivity contribution is 7.99. The number of carbonyl (C=O) groups excluding carboxylic acids is 2. The topological polar surface area (TPSA) is 70.2 Å². The zero-order chi connectivity index (χ0) is 14.4. The molecule has 1 aliphatic rings. The maximum Gasteiger partial charge on any atom is 0.251 e. The summed E-state index contributed by atoms with van der Waals surface area (Å²) in [5, 5.41) is 8.78. The second kappa shape index (κ2) is 8.92. The van der Waals surface area contributed by atoms with Gasteiger partial charge in [-0.1, -0.05) is 6.92 Å². The maximum atomic E-state index is 11.9. The summed E-state index contributed by atoms with van der Waals surface area (Å²) in [5.41, 5.74) is 1.31. The van der Waals surface area contributed by atoms with E-state index in [2.05, 4.69) is 16.0 Å². The van der Waals surface area contributed by atoms with Crippen molar-refractivity contribution in [2.24, 2.45) is 0 Å². The molecule has 0 spiro atoms. The molecule has 1 fully saturated rings. The van der Waals surface area contributed by atoms with Crippen LogP contribution in [-0.4, -0.2) is 36.0 Å². The van der Waals surface area contributed by atoms with Crippen LogP contribution in [0.5, 0.6) is 0 Å². The van der Waals surface area contributed by atoms with Crippen molar-refractivity contribution in [1.29, 1.82) is 0 Å². The number of benzene rings is 1. The molecule has 5 nitrogen and oxygen atoms in total. The van der Waals surface area contributed by atoms with E-state index in [1.807, 2.05) is 6.92 Å². The zero-order valence-electron chi connectivity index (χ0n) is 11.8. The van der Waals surface area contributed by atoms with E-state index in [1.54, 1.807) is 36.0 Å². The first kappa shape index (κ1) is 17.8. The van der Waals surface area contributed by atoms with Crippen LogP contribution in [0.1, 0.15) is 23.7 Å². The zero-order valence-corrected chi connectivity index (χ0v) is 13.5. The van der Waals surface area contributed by atoms with Gasteiger partial charge in [-0.2, -0.15) is 0 Å². The Morgan fingerprint density at radius 2 is 2.05 bits per heavy atom. The molecule has 0 aliphatic carbocycles. The Morgan fingerprint density at radius 3 is 2.62 bits per heavy atom. The number of anilines is 1. The summed E-state index contributed by atoms with van der Waals surface area (Å²) in [6.07, 6.45) is 0.909. The number of halogens is 1. The fourth-order valence-electron chi connectivity index (χ4n) is 1.84. The summed E-state index contributed by atoms with van der Waals surface area (Å²) < 4.78 is 0. The number of rotatable bonds is 5. The van der Waals surface area contributed by atoms with E-state index >= 15 is 0 Å². The Labute approximate surface area is 135 Å². The molecule has 1 heterocycles. The smallest absolute Gasteiger partial charge is 0.251 e. The number of amides is 2. The molecular weight excluding hydrogens is 310 g/mol. The van der Waals surface area contributed by atoms with Crippen molar-refractivity contribution in [3.63, 3.8) is 0 Å². The van der Waals surface area contributed by atoms with Gasteiger partial charge in [0.1, 0.15) is 0 Å². The molecule has 21 heavy (non-hydrogen) atoms. The molecule has 1 aromatic carbocycles. The van der Waals surface area contributed by atoms with E-state index in [0.717, 1.165) is 18.1 Å². The lowest BCUT2D eigenvalue weighted by Crippen LogP contribution is -2.37. The highest BCUT2D eigenvalue weighted by atomic mass is 35.5. The Balaban J connectivity index is 0.00000220. The van der Waals surface area contributed by atoms with Crippen molar-refractivity contribution >= 4 is 41.7 Å². The minimum Gasteiger partial charge on any atom is -0.352 e. The molecule has 7 heteroatoms. The molecule has 1 aromatic rings. The van der Waals surface area contributed by atoms with Crippen molar-refractivity contribution in [3.05, 3.63) is 29.8 Å². The molecule has 2 rings (SSSR count). The Hall–Kier alpha value is -1.24. The van der Waals surface area contributed by atoms with Crippen molar-refractivity contribution in [3.8, 4) is 0 Å². The van der Waals surface area contributed by atoms with E-state index in [1.165, 1.54) is 0 Å². The fraction of sp³-hybridized carbons (Fsp3) is 0.429. The van der Waals surface area contributed by atoms with Crippen LogP contribution >= 0.6 is 24.2 Å². The number of nitrogens with one attached hydrogen (secondary N) is 3. The lowest BCUT2D eigenvalue weighted by molar-refractivity contribution is -0.117. The van der Waals surface area contributed by atoms with Gasteiger partial charge in [-0.3, -0.25) is 14.9 Å². The van der Waals surface area contributed by atoms with E-state index in [-0.39, 0.29) is 30.3 Å². The van der Waals surface area contributed by atoms with Crippen LogP contribution in [-0.2, 0) is 4.79 Å². The van der Waals surface area contributed by atoms with Crippen LogP contribution in [0.4, 0.5) is 5.69 Å². The standard InChI is InChI=1S/C14H19N3O2S.ClH/c1-2-7-15-13(18)10-3-5-11(6-4-10)17-14(19)12-8-20-9-16-12;/h3-6,12,16H,2,7-9H2,1H3,(H,15,18)(H,17,19);1H. The summed E-state index contributed by atoms with van der Waals surface area (Å²) in [6.45, 7) is 2.68. The normalized spacial score (nSPS) is 16.9. The van der Waals surface area contributed by atoms with Crippen molar-refractivity contribution in [2.45, 2.75) is 19.4 Å². The SMILES string of the molecule is CCCNC(=O)c1ccc(NC(=O)C2CSCN2)cc1.Cl. The van der Waals surface area contributed by atoms with Gasteiger partial charge in [-0.05, 0) is 30.7 Å². The lowest BCUT2D eigenvalue weighted by atomic mass is 10.2. The van der Waals surface area contributed by atoms with Gasteiger partial charge in [0.2, 0.25) is 5.91 Å². The number of hydrogen-bond acceptors (Lipinski definition) is 4. The predicted octanol–water partition coefficient (Wildman–Crippen LogP) is 1.85. The van der Waals surface area contributed by atoms with Gasteiger partial charge >= 0.3 is 0 Å². The van der Waals surface area contributed by atoms with Crippen molar-refractivity contribution in [1.82, 2.24) is 10.6 Å². The molecule has 1 aliphatic heterocycles. The Morgan fingerprint density at radius 1 is 1.33 bits per heavy atom. The third-order valence-electron chi connectivity index (χ3n) is 2.98. The lowest BCUT2D eigenvalue weighted by Gasteiger charge is -2.11. The van der Waals surface area contributed by atoms with Crippen LogP contribution < -0.4 is 16.0 Å². The van der Waals surface area contributed by atoms with E-state index in [4.69, 9.17) is 0 Å². The van der Waals surface area contributed by atoms with Crippen molar-refractivity contribution in [2.75, 3.05) is 23.5 Å². The van der Waals surface area contributed by atoms with Crippen LogP contribution in [0.25, 0.3) is 0 Å². The van der Waals surface area contributed by atoms with Crippen LogP contribution in [0.3, 0.4) is 0 Å². The Kier molecular flexibility index (Phi) is 7.56. The molecule has 0 saturated carbocycles. The first-order chi connectivity index (χ1) is 9.70. The predicted molar refractivity (Wildman–Crippen MR) is 89.2 cm³/mol. The summed E-state index contributed by atoms with van der Waals surface area (Å²) in [7, 11) is 0. The highest BCUT2D eigenvalue weighted by Crippen LogP contribution is 2.14. The summed E-state index contributed by atoms with van der Waals surface area (Å²) in [5.74, 6) is 1.49. The molecule has 0 bridgehead atoms. The first-order valence-electron chi connectivity index (χ1n) is 6.71. The molecular formula is C14H20ClN3O2S. The number of hydrogen-bond donors (Lipinski definition) is 3. The molecule has 1 unspecified atom stereocenters. The fourth-order valence-corrected chi connectivity index (χ4v) is 2.78. The second-order valence-corrected chi connectivity index (χ2v) is 5.62. The quantitative estimate of drug-likeness (QED) is 0.771. The average Bonchev–Trinajstić information content (AvgIpc) is 3.00. The van der Waals surface area contributed by atoms with Crippen molar-refractivity contribution < 1.29 is 9.59 Å². The summed E-state index contributed by atoms with van der Waals surface area (Å²) in [6, 6.07) is 6.81. The van der Waals surface area contributed by atoms with E-state index in [0.29, 0.717) is 17.8 Å². The maximum absolute atomic E-state index is 11.9. The first-order valence-corrected chi connectivity index (χ1v) is 7.86. The Bertz CT molecular complexity index is 476. The molecule has 0 aromatic heterocycles. The van der Waals surface area contributed by atoms with Gasteiger partial charge < -0.3 is 10.6 Å². The van der Waals surface area contributed by atoms with Crippen LogP contribution in [0, 0.1) is 0 Å². The molecule has 1 saturated heterocycles. The average molecular weight is 330 g/mol. The van der Waals surface area contributed by atoms with Gasteiger partial charge in [-0.15, -0.1) is 24.2 Å². The minimum atomic E-state index is -0.132. The van der Waals surface area contributed by atoms with Gasteiger partial charge in [0.15, 0.2) is 0 Å². The number of carbonyl (C=O) groups is 2. The minimum absolute atomic E-state index is 0. The van der Waals surface area contributed by atoms with Crippen LogP contribution in [0.2, 0.25) is 0 Å². The monoisotopic (exact) mass is 329 g/mol. The molecule has 116 valence electrons. The molecule has 2 amide bonds. The summed E-state index contributed by atoms with van der Waals surface area (Å²) >= 11 is 1.71. The third kappa shape index (κ3) is 5.22. The third-order valence-corrected chi connectivity index (χ3v) is 3.92. The van der Waals surface area contributed by atoms with Gasteiger partial charge in [0, 0.05) is 29.4 Å². The van der Waals surface area contributed by atoms with E-state index in [9.17, 15) is 9.59 Å². The molecule has 0 radical (unpaired) electrons.